The van der Waals surface area contributed by atoms with Gasteiger partial charge in [0.2, 0.25) is 6.79 Å². The summed E-state index contributed by atoms with van der Waals surface area (Å²) < 4.78 is 11.2. The maximum Gasteiger partial charge on any atom is 0.251 e. The Balaban J connectivity index is 1.53. The fourth-order valence-corrected chi connectivity index (χ4v) is 4.58. The number of hydrogen-bond acceptors (Lipinski definition) is 3. The van der Waals surface area contributed by atoms with Gasteiger partial charge in [-0.2, -0.15) is 0 Å². The molecule has 4 nitrogen and oxygen atoms in total. The molecule has 1 atom stereocenters. The van der Waals surface area contributed by atoms with Crippen LogP contribution in [0.15, 0.2) is 103 Å². The Labute approximate surface area is 204 Å². The molecule has 1 aliphatic heterocycles. The van der Waals surface area contributed by atoms with Crippen LogP contribution in [0.3, 0.4) is 0 Å². The van der Waals surface area contributed by atoms with Crippen molar-refractivity contribution in [2.45, 2.75) is 11.8 Å². The first-order chi connectivity index (χ1) is 16.7. The van der Waals surface area contributed by atoms with Crippen LogP contribution in [-0.2, 0) is 0 Å². The molecule has 4 aromatic rings. The molecule has 4 aromatic carbocycles. The summed E-state index contributed by atoms with van der Waals surface area (Å²) in [5.41, 5.74) is 4.00. The standard InChI is InChI=1S/C29H24ClNO3/c30-24-14-11-22(12-15-24)29(32)31-18-25(23-13-16-26-27(17-23)34-19-33-26)28(20-7-3-1-4-8-20)21-9-5-2-6-10-21/h1-17,25,28H,18-19H2,(H,31,32). The minimum absolute atomic E-state index is 0.0216. The number of fused-ring (bicyclic) bond motifs is 1. The Kier molecular flexibility index (Phi) is 6.50. The molecular formula is C29H24ClNO3. The third kappa shape index (κ3) is 4.78. The Morgan fingerprint density at radius 2 is 1.38 bits per heavy atom. The second kappa shape index (κ2) is 10.0. The lowest BCUT2D eigenvalue weighted by atomic mass is 9.77. The van der Waals surface area contributed by atoms with Gasteiger partial charge in [0.25, 0.3) is 5.91 Å². The summed E-state index contributed by atoms with van der Waals surface area (Å²) in [6.45, 7) is 0.660. The predicted octanol–water partition coefficient (Wildman–Crippen LogP) is 6.41. The van der Waals surface area contributed by atoms with Gasteiger partial charge in [0.1, 0.15) is 0 Å². The smallest absolute Gasteiger partial charge is 0.251 e. The van der Waals surface area contributed by atoms with Crippen molar-refractivity contribution < 1.29 is 14.3 Å². The lowest BCUT2D eigenvalue weighted by Gasteiger charge is -2.29. The molecule has 5 rings (SSSR count). The van der Waals surface area contributed by atoms with Crippen molar-refractivity contribution in [3.8, 4) is 11.5 Å². The summed E-state index contributed by atoms with van der Waals surface area (Å²) >= 11 is 5.99. The number of carbonyl (C=O) groups is 1. The Bertz CT molecular complexity index is 1220. The van der Waals surface area contributed by atoms with Gasteiger partial charge in [-0.3, -0.25) is 4.79 Å². The molecule has 0 spiro atoms. The molecule has 34 heavy (non-hydrogen) atoms. The molecule has 1 amide bonds. The third-order valence-corrected chi connectivity index (χ3v) is 6.39. The molecule has 170 valence electrons. The molecule has 0 saturated heterocycles. The van der Waals surface area contributed by atoms with E-state index in [1.807, 2.05) is 48.5 Å². The van der Waals surface area contributed by atoms with E-state index in [-0.39, 0.29) is 24.5 Å². The van der Waals surface area contributed by atoms with Gasteiger partial charge >= 0.3 is 0 Å². The molecule has 0 radical (unpaired) electrons. The number of carbonyl (C=O) groups excluding carboxylic acids is 1. The summed E-state index contributed by atoms with van der Waals surface area (Å²) in [6.07, 6.45) is 0. The average Bonchev–Trinajstić information content (AvgIpc) is 3.36. The second-order valence-corrected chi connectivity index (χ2v) is 8.67. The first kappa shape index (κ1) is 22.1. The van der Waals surface area contributed by atoms with Crippen LogP contribution in [0, 0.1) is 0 Å². The normalized spacial score (nSPS) is 13.0. The summed E-state index contributed by atoms with van der Waals surface area (Å²) in [7, 11) is 0. The minimum atomic E-state index is -0.137. The molecule has 0 bridgehead atoms. The summed E-state index contributed by atoms with van der Waals surface area (Å²) in [5, 5.41) is 3.75. The molecular weight excluding hydrogens is 446 g/mol. The molecule has 0 fully saturated rings. The zero-order valence-corrected chi connectivity index (χ0v) is 19.2. The molecule has 0 aromatic heterocycles. The number of ether oxygens (including phenoxy) is 2. The van der Waals surface area contributed by atoms with Crippen LogP contribution in [-0.4, -0.2) is 19.2 Å². The van der Waals surface area contributed by atoms with E-state index in [1.54, 1.807) is 24.3 Å². The average molecular weight is 470 g/mol. The zero-order valence-electron chi connectivity index (χ0n) is 18.5. The minimum Gasteiger partial charge on any atom is -0.454 e. The Hall–Kier alpha value is -3.76. The van der Waals surface area contributed by atoms with Crippen LogP contribution >= 0.6 is 11.6 Å². The van der Waals surface area contributed by atoms with E-state index < -0.39 is 0 Å². The van der Waals surface area contributed by atoms with Crippen molar-refractivity contribution >= 4 is 17.5 Å². The summed E-state index contributed by atoms with van der Waals surface area (Å²) in [4.78, 5) is 13.0. The highest BCUT2D eigenvalue weighted by Gasteiger charge is 2.29. The highest BCUT2D eigenvalue weighted by Crippen LogP contribution is 2.42. The first-order valence-electron chi connectivity index (χ1n) is 11.2. The maximum atomic E-state index is 13.0. The van der Waals surface area contributed by atoms with Crippen molar-refractivity contribution in [1.82, 2.24) is 5.32 Å². The predicted molar refractivity (Wildman–Crippen MR) is 134 cm³/mol. The number of halogens is 1. The van der Waals surface area contributed by atoms with Gasteiger partial charge in [0.15, 0.2) is 11.5 Å². The van der Waals surface area contributed by atoms with Gasteiger partial charge in [0.05, 0.1) is 0 Å². The number of rotatable bonds is 7. The van der Waals surface area contributed by atoms with E-state index in [4.69, 9.17) is 21.1 Å². The highest BCUT2D eigenvalue weighted by atomic mass is 35.5. The SMILES string of the molecule is O=C(NCC(c1ccc2c(c1)OCO2)C(c1ccccc1)c1ccccc1)c1ccc(Cl)cc1. The van der Waals surface area contributed by atoms with E-state index in [0.717, 1.165) is 17.1 Å². The van der Waals surface area contributed by atoms with E-state index in [0.29, 0.717) is 17.1 Å². The number of hydrogen-bond donors (Lipinski definition) is 1. The van der Waals surface area contributed by atoms with Crippen molar-refractivity contribution in [2.24, 2.45) is 0 Å². The third-order valence-electron chi connectivity index (χ3n) is 6.13. The van der Waals surface area contributed by atoms with Crippen LogP contribution in [0.4, 0.5) is 0 Å². The molecule has 1 N–H and O–H groups in total. The zero-order chi connectivity index (χ0) is 23.3. The van der Waals surface area contributed by atoms with Crippen LogP contribution in [0.2, 0.25) is 5.02 Å². The van der Waals surface area contributed by atoms with Crippen molar-refractivity contribution in [3.63, 3.8) is 0 Å². The number of amides is 1. The van der Waals surface area contributed by atoms with E-state index in [9.17, 15) is 4.79 Å². The van der Waals surface area contributed by atoms with E-state index >= 15 is 0 Å². The molecule has 1 heterocycles. The van der Waals surface area contributed by atoms with Crippen molar-refractivity contribution in [3.05, 3.63) is 130 Å². The highest BCUT2D eigenvalue weighted by molar-refractivity contribution is 6.30. The molecule has 0 saturated carbocycles. The quantitative estimate of drug-likeness (QED) is 0.340. The number of benzene rings is 4. The van der Waals surface area contributed by atoms with Gasteiger partial charge < -0.3 is 14.8 Å². The van der Waals surface area contributed by atoms with Crippen molar-refractivity contribution in [2.75, 3.05) is 13.3 Å². The maximum absolute atomic E-state index is 13.0. The van der Waals surface area contributed by atoms with Crippen LogP contribution in [0.1, 0.15) is 38.9 Å². The van der Waals surface area contributed by atoms with Crippen molar-refractivity contribution in [1.29, 1.82) is 0 Å². The van der Waals surface area contributed by atoms with E-state index in [1.165, 1.54) is 11.1 Å². The Morgan fingerprint density at radius 1 is 0.765 bits per heavy atom. The van der Waals surface area contributed by atoms with Gasteiger partial charge in [-0.05, 0) is 53.1 Å². The largest absolute Gasteiger partial charge is 0.454 e. The van der Waals surface area contributed by atoms with Crippen LogP contribution in [0.5, 0.6) is 11.5 Å². The van der Waals surface area contributed by atoms with E-state index in [2.05, 4.69) is 35.6 Å². The monoisotopic (exact) mass is 469 g/mol. The fraction of sp³-hybridized carbons (Fsp3) is 0.138. The fourth-order valence-electron chi connectivity index (χ4n) is 4.46. The molecule has 5 heteroatoms. The Morgan fingerprint density at radius 3 is 2.03 bits per heavy atom. The first-order valence-corrected chi connectivity index (χ1v) is 11.6. The lowest BCUT2D eigenvalue weighted by Crippen LogP contribution is -2.31. The topological polar surface area (TPSA) is 47.6 Å². The van der Waals surface area contributed by atoms with Gasteiger partial charge in [-0.25, -0.2) is 0 Å². The van der Waals surface area contributed by atoms with Gasteiger partial charge in [-0.15, -0.1) is 0 Å². The summed E-state index contributed by atoms with van der Waals surface area (Å²) in [5.74, 6) is 1.31. The van der Waals surface area contributed by atoms with Crippen LogP contribution in [0.25, 0.3) is 0 Å². The molecule has 0 aliphatic carbocycles. The second-order valence-electron chi connectivity index (χ2n) is 8.24. The molecule has 1 aliphatic rings. The van der Waals surface area contributed by atoms with Crippen LogP contribution < -0.4 is 14.8 Å². The number of nitrogens with one attached hydrogen (secondary N) is 1. The lowest BCUT2D eigenvalue weighted by molar-refractivity contribution is 0.0950. The van der Waals surface area contributed by atoms with Gasteiger partial charge in [-0.1, -0.05) is 78.3 Å². The molecule has 1 unspecified atom stereocenters. The van der Waals surface area contributed by atoms with Gasteiger partial charge in [0, 0.05) is 29.0 Å². The summed E-state index contributed by atoms with van der Waals surface area (Å²) in [6, 6.07) is 33.7.